The summed E-state index contributed by atoms with van der Waals surface area (Å²) < 4.78 is 0. The molecular formula is C17H19N3O2S. The Morgan fingerprint density at radius 2 is 2.13 bits per heavy atom. The van der Waals surface area contributed by atoms with Gasteiger partial charge < -0.3 is 20.6 Å². The number of thiophene rings is 1. The summed E-state index contributed by atoms with van der Waals surface area (Å²) in [6, 6.07) is 7.46. The van der Waals surface area contributed by atoms with Gasteiger partial charge in [0.05, 0.1) is 5.00 Å². The van der Waals surface area contributed by atoms with Gasteiger partial charge in [0.25, 0.3) is 5.91 Å². The predicted molar refractivity (Wildman–Crippen MR) is 91.0 cm³/mol. The van der Waals surface area contributed by atoms with Crippen molar-refractivity contribution in [3.05, 3.63) is 46.3 Å². The highest BCUT2D eigenvalue weighted by Gasteiger charge is 2.28. The normalized spacial score (nSPS) is 17.0. The van der Waals surface area contributed by atoms with E-state index in [1.54, 1.807) is 23.5 Å². The third kappa shape index (κ3) is 2.68. The van der Waals surface area contributed by atoms with Gasteiger partial charge in [-0.25, -0.2) is 0 Å². The number of anilines is 1. The molecule has 3 heterocycles. The number of phenols is 1. The van der Waals surface area contributed by atoms with Crippen molar-refractivity contribution in [3.8, 4) is 5.75 Å². The lowest BCUT2D eigenvalue weighted by molar-refractivity contribution is 0.0941. The fourth-order valence-electron chi connectivity index (χ4n) is 3.12. The maximum atomic E-state index is 12.5. The van der Waals surface area contributed by atoms with Crippen molar-refractivity contribution in [1.82, 2.24) is 10.6 Å². The van der Waals surface area contributed by atoms with Crippen molar-refractivity contribution < 1.29 is 9.90 Å². The highest BCUT2D eigenvalue weighted by Crippen LogP contribution is 2.37. The summed E-state index contributed by atoms with van der Waals surface area (Å²) >= 11 is 1.67. The van der Waals surface area contributed by atoms with Crippen molar-refractivity contribution in [3.63, 3.8) is 0 Å². The third-order valence-electron chi connectivity index (χ3n) is 4.58. The van der Waals surface area contributed by atoms with Crippen LogP contribution in [0.25, 0.3) is 0 Å². The van der Waals surface area contributed by atoms with Gasteiger partial charge >= 0.3 is 0 Å². The summed E-state index contributed by atoms with van der Waals surface area (Å²) in [5.74, 6) is 0.770. The van der Waals surface area contributed by atoms with Crippen LogP contribution in [0.2, 0.25) is 0 Å². The average molecular weight is 329 g/mol. The number of rotatable bonds is 4. The van der Waals surface area contributed by atoms with E-state index in [2.05, 4.69) is 21.6 Å². The van der Waals surface area contributed by atoms with E-state index >= 15 is 0 Å². The Hall–Kier alpha value is -2.05. The Bertz CT molecular complexity index is 726. The van der Waals surface area contributed by atoms with E-state index in [4.69, 9.17) is 0 Å². The van der Waals surface area contributed by atoms with Gasteiger partial charge in [0.15, 0.2) is 0 Å². The maximum Gasteiger partial charge on any atom is 0.251 e. The van der Waals surface area contributed by atoms with E-state index in [9.17, 15) is 9.90 Å². The molecule has 0 unspecified atom stereocenters. The van der Waals surface area contributed by atoms with Crippen molar-refractivity contribution in [2.45, 2.75) is 13.1 Å². The first-order valence-electron chi connectivity index (χ1n) is 7.83. The fraction of sp³-hybridized carbons (Fsp3) is 0.353. The second kappa shape index (κ2) is 5.86. The van der Waals surface area contributed by atoms with Gasteiger partial charge in [-0.3, -0.25) is 4.79 Å². The maximum absolute atomic E-state index is 12.5. The van der Waals surface area contributed by atoms with Crippen LogP contribution in [0.1, 0.15) is 21.5 Å². The monoisotopic (exact) mass is 329 g/mol. The molecule has 1 saturated heterocycles. The van der Waals surface area contributed by atoms with Crippen LogP contribution in [0.3, 0.4) is 0 Å². The Kier molecular flexibility index (Phi) is 3.71. The molecule has 120 valence electrons. The Labute approximate surface area is 138 Å². The van der Waals surface area contributed by atoms with Gasteiger partial charge in [-0.1, -0.05) is 0 Å². The smallest absolute Gasteiger partial charge is 0.251 e. The van der Waals surface area contributed by atoms with E-state index in [0.717, 1.165) is 29.2 Å². The molecule has 0 bridgehead atoms. The predicted octanol–water partition coefficient (Wildman–Crippen LogP) is 1.92. The molecular weight excluding hydrogens is 310 g/mol. The van der Waals surface area contributed by atoms with E-state index in [1.165, 1.54) is 0 Å². The number of carbonyl (C=O) groups excluding carboxylic acids is 1. The van der Waals surface area contributed by atoms with Crippen LogP contribution >= 0.6 is 11.3 Å². The lowest BCUT2D eigenvalue weighted by Crippen LogP contribution is -2.48. The van der Waals surface area contributed by atoms with Gasteiger partial charge in [-0.05, 0) is 35.2 Å². The highest BCUT2D eigenvalue weighted by molar-refractivity contribution is 7.14. The largest absolute Gasteiger partial charge is 0.508 e. The molecule has 3 N–H and O–H groups in total. The molecule has 0 radical (unpaired) electrons. The van der Waals surface area contributed by atoms with Crippen molar-refractivity contribution in [2.75, 3.05) is 24.5 Å². The highest BCUT2D eigenvalue weighted by atomic mass is 32.1. The summed E-state index contributed by atoms with van der Waals surface area (Å²) in [6.07, 6.45) is 0. The quantitative estimate of drug-likeness (QED) is 0.802. The van der Waals surface area contributed by atoms with Crippen LogP contribution in [0.15, 0.2) is 29.6 Å². The van der Waals surface area contributed by atoms with E-state index < -0.39 is 0 Å². The van der Waals surface area contributed by atoms with Crippen LogP contribution in [-0.4, -0.2) is 30.6 Å². The number of hydrogen-bond donors (Lipinski definition) is 3. The van der Waals surface area contributed by atoms with Crippen molar-refractivity contribution in [1.29, 1.82) is 0 Å². The average Bonchev–Trinajstić information content (AvgIpc) is 3.15. The third-order valence-corrected chi connectivity index (χ3v) is 5.51. The standard InChI is InChI=1S/C17H19N3O2S/c21-15-4-3-12(17(22)19-8-11-6-18-7-11)13-9-20(10-14(13)15)16-2-1-5-23-16/h1-5,11,18,21H,6-10H2,(H,19,22). The van der Waals surface area contributed by atoms with Crippen LogP contribution in [-0.2, 0) is 13.1 Å². The lowest BCUT2D eigenvalue weighted by Gasteiger charge is -2.27. The number of amides is 1. The van der Waals surface area contributed by atoms with E-state index in [-0.39, 0.29) is 11.7 Å². The lowest BCUT2D eigenvalue weighted by atomic mass is 10.0. The summed E-state index contributed by atoms with van der Waals surface area (Å²) in [5, 5.41) is 19.6. The number of nitrogens with zero attached hydrogens (tertiary/aromatic N) is 1. The Morgan fingerprint density at radius 3 is 2.83 bits per heavy atom. The number of phenolic OH excluding ortho intramolecular Hbond substituents is 1. The Morgan fingerprint density at radius 1 is 1.30 bits per heavy atom. The van der Waals surface area contributed by atoms with Crippen molar-refractivity contribution >= 4 is 22.2 Å². The topological polar surface area (TPSA) is 64.6 Å². The number of nitrogens with one attached hydrogen (secondary N) is 2. The first-order chi connectivity index (χ1) is 11.2. The van der Waals surface area contributed by atoms with Crippen LogP contribution in [0.5, 0.6) is 5.75 Å². The zero-order chi connectivity index (χ0) is 15.8. The minimum atomic E-state index is -0.0406. The molecule has 2 aliphatic heterocycles. The molecule has 1 aromatic carbocycles. The molecule has 6 heteroatoms. The molecule has 0 atom stereocenters. The second-order valence-corrected chi connectivity index (χ2v) is 7.06. The number of aromatic hydroxyl groups is 1. The Balaban J connectivity index is 1.56. The minimum Gasteiger partial charge on any atom is -0.508 e. The first-order valence-corrected chi connectivity index (χ1v) is 8.71. The summed E-state index contributed by atoms with van der Waals surface area (Å²) in [5.41, 5.74) is 2.50. The van der Waals surface area contributed by atoms with E-state index in [1.807, 2.05) is 11.4 Å². The zero-order valence-electron chi connectivity index (χ0n) is 12.7. The molecule has 2 aromatic rings. The molecule has 1 amide bonds. The first kappa shape index (κ1) is 14.5. The summed E-state index contributed by atoms with van der Waals surface area (Å²) in [6.45, 7) is 3.96. The molecule has 5 nitrogen and oxygen atoms in total. The summed E-state index contributed by atoms with van der Waals surface area (Å²) in [7, 11) is 0. The molecule has 0 spiro atoms. The molecule has 2 aliphatic rings. The molecule has 0 aliphatic carbocycles. The molecule has 1 fully saturated rings. The van der Waals surface area contributed by atoms with Gasteiger partial charge in [-0.2, -0.15) is 0 Å². The number of carbonyl (C=O) groups is 1. The number of benzene rings is 1. The van der Waals surface area contributed by atoms with Crippen LogP contribution in [0.4, 0.5) is 5.00 Å². The van der Waals surface area contributed by atoms with Gasteiger partial charge in [0, 0.05) is 49.8 Å². The second-order valence-electron chi connectivity index (χ2n) is 6.13. The molecule has 23 heavy (non-hydrogen) atoms. The SMILES string of the molecule is O=C(NCC1CNC1)c1ccc(O)c2c1CN(c1cccs1)C2. The number of fused-ring (bicyclic) bond motifs is 1. The summed E-state index contributed by atoms with van der Waals surface area (Å²) in [4.78, 5) is 14.7. The molecule has 0 saturated carbocycles. The minimum absolute atomic E-state index is 0.0406. The fourth-order valence-corrected chi connectivity index (χ4v) is 3.85. The van der Waals surface area contributed by atoms with Gasteiger partial charge in [-0.15, -0.1) is 11.3 Å². The van der Waals surface area contributed by atoms with Gasteiger partial charge in [0.1, 0.15) is 5.75 Å². The van der Waals surface area contributed by atoms with Gasteiger partial charge in [0.2, 0.25) is 0 Å². The number of hydrogen-bond acceptors (Lipinski definition) is 5. The molecule has 4 rings (SSSR count). The molecule has 1 aromatic heterocycles. The van der Waals surface area contributed by atoms with Crippen LogP contribution < -0.4 is 15.5 Å². The van der Waals surface area contributed by atoms with E-state index in [0.29, 0.717) is 31.1 Å². The van der Waals surface area contributed by atoms with Crippen molar-refractivity contribution in [2.24, 2.45) is 5.92 Å². The van der Waals surface area contributed by atoms with Crippen LogP contribution in [0, 0.1) is 5.92 Å². The zero-order valence-corrected chi connectivity index (χ0v) is 13.5.